The minimum absolute atomic E-state index is 0.0593. The number of aliphatic hydroxyl groups excluding tert-OH is 1. The normalized spacial score (nSPS) is 36.7. The first kappa shape index (κ1) is 25.5. The molecule has 0 aromatic carbocycles. The van der Waals surface area contributed by atoms with Crippen LogP contribution in [-0.2, 0) is 19.1 Å². The number of nitrogens with zero attached hydrogens (tertiary/aromatic N) is 3. The molecule has 5 aliphatic rings. The quantitative estimate of drug-likeness (QED) is 0.543. The molecule has 0 aromatic heterocycles. The van der Waals surface area contributed by atoms with Gasteiger partial charge in [-0.1, -0.05) is 57.4 Å². The number of carbonyl (C=O) groups excluding carboxylic acids is 3. The Bertz CT molecular complexity index is 943. The summed E-state index contributed by atoms with van der Waals surface area (Å²) in [4.78, 5) is 48.0. The molecule has 1 aliphatic carbocycles. The van der Waals surface area contributed by atoms with Gasteiger partial charge in [-0.2, -0.15) is 0 Å². The van der Waals surface area contributed by atoms with Gasteiger partial charge in [0.1, 0.15) is 11.6 Å². The summed E-state index contributed by atoms with van der Waals surface area (Å²) in [5, 5.41) is 9.58. The van der Waals surface area contributed by atoms with Crippen molar-refractivity contribution in [3.63, 3.8) is 0 Å². The fraction of sp³-hybridized carbons (Fsp3) is 0.750. The first-order valence-electron chi connectivity index (χ1n) is 14.0. The summed E-state index contributed by atoms with van der Waals surface area (Å²) in [6, 6.07) is -0.660. The van der Waals surface area contributed by atoms with E-state index in [2.05, 4.69) is 0 Å². The van der Waals surface area contributed by atoms with E-state index in [1.807, 2.05) is 48.0 Å². The lowest BCUT2D eigenvalue weighted by atomic mass is 9.73. The highest BCUT2D eigenvalue weighted by Gasteiger charge is 2.75. The van der Waals surface area contributed by atoms with Crippen molar-refractivity contribution >= 4 is 17.7 Å². The third kappa shape index (κ3) is 3.74. The van der Waals surface area contributed by atoms with Gasteiger partial charge in [0.2, 0.25) is 17.7 Å². The second-order valence-electron chi connectivity index (χ2n) is 11.1. The minimum atomic E-state index is -1.19. The summed E-state index contributed by atoms with van der Waals surface area (Å²) in [6.07, 6.45) is 15.0. The van der Waals surface area contributed by atoms with Crippen molar-refractivity contribution < 1.29 is 24.2 Å². The van der Waals surface area contributed by atoms with Crippen molar-refractivity contribution in [3.05, 3.63) is 24.3 Å². The molecule has 5 atom stereocenters. The number of amides is 3. The average molecular weight is 500 g/mol. The second-order valence-corrected chi connectivity index (χ2v) is 11.1. The van der Waals surface area contributed by atoms with Crippen molar-refractivity contribution in [2.45, 2.75) is 88.5 Å². The zero-order valence-electron chi connectivity index (χ0n) is 21.7. The zero-order valence-corrected chi connectivity index (χ0v) is 21.7. The van der Waals surface area contributed by atoms with Crippen LogP contribution in [0.3, 0.4) is 0 Å². The number of hydrogen-bond acceptors (Lipinski definition) is 5. The lowest BCUT2D eigenvalue weighted by Crippen LogP contribution is -2.58. The van der Waals surface area contributed by atoms with Crippen LogP contribution in [0.5, 0.6) is 0 Å². The maximum absolute atomic E-state index is 14.3. The Balaban J connectivity index is 1.61. The number of likely N-dealkylation sites (tertiary alicyclic amines) is 1. The Labute approximate surface area is 214 Å². The molecule has 1 unspecified atom stereocenters. The molecule has 198 valence electrons. The molecule has 4 heterocycles. The maximum atomic E-state index is 14.3. The molecule has 3 amide bonds. The molecule has 36 heavy (non-hydrogen) atoms. The van der Waals surface area contributed by atoms with E-state index in [0.29, 0.717) is 32.5 Å². The van der Waals surface area contributed by atoms with Crippen LogP contribution in [0.4, 0.5) is 0 Å². The summed E-state index contributed by atoms with van der Waals surface area (Å²) < 4.78 is 6.97. The third-order valence-electron chi connectivity index (χ3n) is 9.12. The largest absolute Gasteiger partial charge is 0.396 e. The minimum Gasteiger partial charge on any atom is -0.396 e. The molecule has 0 bridgehead atoms. The zero-order chi connectivity index (χ0) is 25.5. The summed E-state index contributed by atoms with van der Waals surface area (Å²) in [6.45, 7) is 5.86. The molecule has 4 aliphatic heterocycles. The Morgan fingerprint density at radius 2 is 1.69 bits per heavy atom. The molecule has 8 heteroatoms. The topological polar surface area (TPSA) is 90.4 Å². The van der Waals surface area contributed by atoms with Gasteiger partial charge in [0.15, 0.2) is 0 Å². The van der Waals surface area contributed by atoms with Crippen LogP contribution in [0.25, 0.3) is 0 Å². The SMILES string of the molecule is CCCN1CC=C[C@@]2(CC)O[C@]34C=CCN(C5CCCCC5)C(=O)C3N(CCCO)C(=O)[C@@H]4[C@H]2C1=O. The second kappa shape index (κ2) is 9.93. The fourth-order valence-corrected chi connectivity index (χ4v) is 7.50. The Hall–Kier alpha value is -2.19. The summed E-state index contributed by atoms with van der Waals surface area (Å²) >= 11 is 0. The number of rotatable bonds is 7. The molecule has 1 spiro atoms. The van der Waals surface area contributed by atoms with E-state index >= 15 is 0 Å². The van der Waals surface area contributed by atoms with Gasteiger partial charge >= 0.3 is 0 Å². The molecule has 0 aromatic rings. The van der Waals surface area contributed by atoms with E-state index in [0.717, 1.165) is 32.1 Å². The summed E-state index contributed by atoms with van der Waals surface area (Å²) in [5.41, 5.74) is -2.12. The highest BCUT2D eigenvalue weighted by molar-refractivity contribution is 6.00. The molecule has 2 saturated heterocycles. The van der Waals surface area contributed by atoms with Crippen LogP contribution in [0.15, 0.2) is 24.3 Å². The molecule has 0 radical (unpaired) electrons. The van der Waals surface area contributed by atoms with Crippen molar-refractivity contribution in [2.24, 2.45) is 11.8 Å². The summed E-state index contributed by atoms with van der Waals surface area (Å²) in [7, 11) is 0. The number of hydrogen-bond donors (Lipinski definition) is 1. The lowest BCUT2D eigenvalue weighted by molar-refractivity contribution is -0.155. The van der Waals surface area contributed by atoms with E-state index in [1.54, 1.807) is 4.90 Å². The smallest absolute Gasteiger partial charge is 0.249 e. The van der Waals surface area contributed by atoms with Gasteiger partial charge in [0.05, 0.1) is 17.4 Å². The molecular weight excluding hydrogens is 458 g/mol. The van der Waals surface area contributed by atoms with Crippen LogP contribution >= 0.6 is 0 Å². The monoisotopic (exact) mass is 499 g/mol. The lowest BCUT2D eigenvalue weighted by Gasteiger charge is -2.40. The summed E-state index contributed by atoms with van der Waals surface area (Å²) in [5.74, 6) is -1.78. The van der Waals surface area contributed by atoms with Crippen LogP contribution in [0, 0.1) is 11.8 Å². The van der Waals surface area contributed by atoms with E-state index in [-0.39, 0.29) is 36.9 Å². The standard InChI is InChI=1S/C28H41N3O5/c1-3-15-29-16-8-13-27(4-2)21(24(29)33)22-25(34)31(18-10-19-32)23-26(35)30(20-11-6-5-7-12-20)17-9-14-28(22,23)36-27/h8-9,13-14,20-23,32H,3-7,10-12,15-19H2,1-2H3/t21-,22-,23?,27+,28-/m0/s1. The Morgan fingerprint density at radius 3 is 2.39 bits per heavy atom. The van der Waals surface area contributed by atoms with E-state index < -0.39 is 29.1 Å². The van der Waals surface area contributed by atoms with Crippen LogP contribution in [0.2, 0.25) is 0 Å². The van der Waals surface area contributed by atoms with Gasteiger partial charge in [-0.25, -0.2) is 0 Å². The van der Waals surface area contributed by atoms with E-state index in [9.17, 15) is 19.5 Å². The van der Waals surface area contributed by atoms with Crippen molar-refractivity contribution in [2.75, 3.05) is 32.8 Å². The molecule has 8 nitrogen and oxygen atoms in total. The van der Waals surface area contributed by atoms with Crippen molar-refractivity contribution in [3.8, 4) is 0 Å². The molecule has 1 saturated carbocycles. The Kier molecular flexibility index (Phi) is 7.03. The van der Waals surface area contributed by atoms with Crippen LogP contribution < -0.4 is 0 Å². The van der Waals surface area contributed by atoms with Gasteiger partial charge in [0.25, 0.3) is 0 Å². The van der Waals surface area contributed by atoms with Gasteiger partial charge in [-0.3, -0.25) is 14.4 Å². The van der Waals surface area contributed by atoms with E-state index in [4.69, 9.17) is 4.74 Å². The third-order valence-corrected chi connectivity index (χ3v) is 9.12. The van der Waals surface area contributed by atoms with Crippen molar-refractivity contribution in [1.29, 1.82) is 0 Å². The predicted molar refractivity (Wildman–Crippen MR) is 135 cm³/mol. The van der Waals surface area contributed by atoms with Gasteiger partial charge in [0, 0.05) is 38.8 Å². The number of fused-ring (bicyclic) bond motifs is 2. The molecule has 3 fully saturated rings. The first-order valence-corrected chi connectivity index (χ1v) is 14.0. The van der Waals surface area contributed by atoms with Crippen LogP contribution in [-0.4, -0.2) is 93.6 Å². The van der Waals surface area contributed by atoms with Gasteiger partial charge < -0.3 is 24.5 Å². The van der Waals surface area contributed by atoms with Gasteiger partial charge in [-0.15, -0.1) is 0 Å². The number of carbonyl (C=O) groups is 3. The highest BCUT2D eigenvalue weighted by Crippen LogP contribution is 2.58. The molecule has 1 N–H and O–H groups in total. The Morgan fingerprint density at radius 1 is 0.944 bits per heavy atom. The molecular formula is C28H41N3O5. The average Bonchev–Trinajstić information content (AvgIpc) is 3.18. The maximum Gasteiger partial charge on any atom is 0.249 e. The number of ether oxygens (including phenoxy) is 1. The van der Waals surface area contributed by atoms with Crippen LogP contribution in [0.1, 0.15) is 65.2 Å². The molecule has 5 rings (SSSR count). The van der Waals surface area contributed by atoms with E-state index in [1.165, 1.54) is 6.42 Å². The highest BCUT2D eigenvalue weighted by atomic mass is 16.5. The first-order chi connectivity index (χ1) is 17.4. The predicted octanol–water partition coefficient (Wildman–Crippen LogP) is 2.27. The fourth-order valence-electron chi connectivity index (χ4n) is 7.50. The van der Waals surface area contributed by atoms with Gasteiger partial charge in [-0.05, 0) is 32.1 Å². The number of aliphatic hydroxyl groups is 1. The van der Waals surface area contributed by atoms with Crippen molar-refractivity contribution in [1.82, 2.24) is 14.7 Å².